The van der Waals surface area contributed by atoms with Crippen LogP contribution in [0.25, 0.3) is 17.1 Å². The molecule has 0 saturated carbocycles. The molecule has 12 nitrogen and oxygen atoms in total. The zero-order chi connectivity index (χ0) is 27.4. The van der Waals surface area contributed by atoms with Crippen LogP contribution in [-0.2, 0) is 4.79 Å². The van der Waals surface area contributed by atoms with E-state index in [1.807, 2.05) is 50.3 Å². The van der Waals surface area contributed by atoms with E-state index in [9.17, 15) is 9.59 Å². The molecular weight excluding hydrogens is 486 g/mol. The van der Waals surface area contributed by atoms with Crippen molar-refractivity contribution in [3.05, 3.63) is 60.9 Å². The Hall–Kier alpha value is -4.84. The first-order valence-corrected chi connectivity index (χ1v) is 11.8. The van der Waals surface area contributed by atoms with E-state index < -0.39 is 5.91 Å². The number of anilines is 4. The molecule has 1 aliphatic carbocycles. The Kier molecular flexibility index (Phi) is 7.63. The number of nitrogens with one attached hydrogen (secondary N) is 3. The summed E-state index contributed by atoms with van der Waals surface area (Å²) in [5.74, 6) is 0.392. The minimum Gasteiger partial charge on any atom is -0.494 e. The molecule has 0 unspecified atom stereocenters. The van der Waals surface area contributed by atoms with E-state index in [2.05, 4.69) is 37.2 Å². The van der Waals surface area contributed by atoms with Gasteiger partial charge in [-0.25, -0.2) is 9.67 Å². The molecule has 2 heterocycles. The number of amides is 2. The Balaban J connectivity index is 1.70. The quantitative estimate of drug-likeness (QED) is 0.222. The average Bonchev–Trinajstić information content (AvgIpc) is 3.50. The van der Waals surface area contributed by atoms with Crippen molar-refractivity contribution in [1.29, 1.82) is 0 Å². The molecule has 1 aromatic heterocycles. The van der Waals surface area contributed by atoms with Crippen LogP contribution in [0.5, 0.6) is 5.75 Å². The number of hydrogen-bond donors (Lipinski definition) is 4. The molecule has 0 fully saturated rings. The van der Waals surface area contributed by atoms with Gasteiger partial charge in [0, 0.05) is 44.0 Å². The van der Waals surface area contributed by atoms with Gasteiger partial charge in [0.15, 0.2) is 5.82 Å². The van der Waals surface area contributed by atoms with Crippen molar-refractivity contribution in [3.63, 3.8) is 0 Å². The molecule has 38 heavy (non-hydrogen) atoms. The molecule has 4 rings (SSSR count). The Morgan fingerprint density at radius 2 is 1.97 bits per heavy atom. The van der Waals surface area contributed by atoms with Crippen LogP contribution in [0.15, 0.2) is 55.3 Å². The Morgan fingerprint density at radius 1 is 1.18 bits per heavy atom. The number of ether oxygens (including phenoxy) is 1. The number of nitrogens with two attached hydrogens (primary N) is 1. The highest BCUT2D eigenvalue weighted by molar-refractivity contribution is 6.02. The van der Waals surface area contributed by atoms with Crippen LogP contribution in [0, 0.1) is 0 Å². The summed E-state index contributed by atoms with van der Waals surface area (Å²) in [6, 6.07) is 10.8. The number of nitrogens with zero attached hydrogens (tertiary/aromatic N) is 5. The second-order valence-corrected chi connectivity index (χ2v) is 8.86. The fourth-order valence-corrected chi connectivity index (χ4v) is 3.98. The monoisotopic (exact) mass is 517 g/mol. The molecule has 5 N–H and O–H groups in total. The predicted molar refractivity (Wildman–Crippen MR) is 148 cm³/mol. The van der Waals surface area contributed by atoms with Crippen LogP contribution in [0.4, 0.5) is 23.0 Å². The third kappa shape index (κ3) is 5.44. The normalized spacial score (nSPS) is 11.0. The zero-order valence-corrected chi connectivity index (χ0v) is 21.8. The Morgan fingerprint density at radius 3 is 2.66 bits per heavy atom. The maximum Gasteiger partial charge on any atom is 0.267 e. The molecule has 2 aliphatic rings. The van der Waals surface area contributed by atoms with Gasteiger partial charge in [-0.05, 0) is 32.3 Å². The third-order valence-corrected chi connectivity index (χ3v) is 5.94. The topological polar surface area (TPSA) is 146 Å². The number of fused-ring (bicyclic) bond motifs is 1. The van der Waals surface area contributed by atoms with Gasteiger partial charge >= 0.3 is 0 Å². The molecule has 0 bridgehead atoms. The number of primary amides is 1. The predicted octanol–water partition coefficient (Wildman–Crippen LogP) is 2.67. The van der Waals surface area contributed by atoms with E-state index in [0.29, 0.717) is 28.5 Å². The molecule has 1 aromatic carbocycles. The average molecular weight is 518 g/mol. The lowest BCUT2D eigenvalue weighted by Gasteiger charge is -2.26. The number of carbonyl (C=O) groups excluding carboxylic acids is 2. The summed E-state index contributed by atoms with van der Waals surface area (Å²) in [7, 11) is 7.51. The Labute approximate surface area is 220 Å². The third-order valence-electron chi connectivity index (χ3n) is 5.94. The first kappa shape index (κ1) is 26.2. The summed E-state index contributed by atoms with van der Waals surface area (Å²) in [5.41, 5.74) is 9.16. The first-order valence-electron chi connectivity index (χ1n) is 11.8. The van der Waals surface area contributed by atoms with E-state index in [1.165, 1.54) is 6.08 Å². The van der Waals surface area contributed by atoms with Crippen molar-refractivity contribution in [2.75, 3.05) is 56.9 Å². The van der Waals surface area contributed by atoms with Gasteiger partial charge in [-0.2, -0.15) is 4.98 Å². The maximum absolute atomic E-state index is 12.2. The molecule has 12 heteroatoms. The van der Waals surface area contributed by atoms with Crippen LogP contribution in [0.1, 0.15) is 10.5 Å². The van der Waals surface area contributed by atoms with Crippen molar-refractivity contribution < 1.29 is 14.3 Å². The lowest BCUT2D eigenvalue weighted by Crippen LogP contribution is -2.29. The number of likely N-dealkylation sites (N-methyl/N-ethyl adjacent to an activating group) is 2. The van der Waals surface area contributed by atoms with E-state index in [0.717, 1.165) is 24.5 Å². The van der Waals surface area contributed by atoms with Crippen LogP contribution >= 0.6 is 0 Å². The van der Waals surface area contributed by atoms with Gasteiger partial charge < -0.3 is 30.9 Å². The number of benzene rings is 1. The standard InChI is InChI=1S/C26H31N9O3/c1-6-23(36)29-17-14-18(21(38-5)15-20(17)34(4)13-12-33(2)3)30-26-28-11-10-22(31-26)35-19-9-7-8-16(19)24(32-35)25(27)37/h6-11,14-15,32H,1,12-13H2,2-5H3,(H2,27,37)(H,29,36)(H,28,30,31). The summed E-state index contributed by atoms with van der Waals surface area (Å²) in [4.78, 5) is 37.2. The Bertz CT molecular complexity index is 1440. The van der Waals surface area contributed by atoms with Crippen LogP contribution in [-0.4, -0.2) is 77.8 Å². The van der Waals surface area contributed by atoms with Crippen molar-refractivity contribution >= 4 is 34.8 Å². The molecule has 0 atom stereocenters. The summed E-state index contributed by atoms with van der Waals surface area (Å²) in [6.45, 7) is 5.10. The van der Waals surface area contributed by atoms with Gasteiger partial charge in [-0.1, -0.05) is 18.7 Å². The molecule has 198 valence electrons. The van der Waals surface area contributed by atoms with Crippen LogP contribution in [0.3, 0.4) is 0 Å². The molecule has 1 aliphatic heterocycles. The summed E-state index contributed by atoms with van der Waals surface area (Å²) in [5, 5.41) is 9.07. The SMILES string of the molecule is C=CC(=O)Nc1cc(Nc2nccc(-n3[nH]c(C(N)=O)c4cccc3-4)n2)c(OC)cc1N(C)CCN(C)C. The first-order chi connectivity index (χ1) is 18.2. The van der Waals surface area contributed by atoms with Crippen molar-refractivity contribution in [3.8, 4) is 22.8 Å². The molecule has 0 saturated heterocycles. The second-order valence-electron chi connectivity index (χ2n) is 8.86. The number of carbonyl (C=O) groups is 2. The van der Waals surface area contributed by atoms with Gasteiger partial charge in [0.2, 0.25) is 11.9 Å². The van der Waals surface area contributed by atoms with Gasteiger partial charge in [0.05, 0.1) is 29.9 Å². The minimum atomic E-state index is -0.568. The molecule has 0 radical (unpaired) electrons. The van der Waals surface area contributed by atoms with E-state index in [-0.39, 0.29) is 17.5 Å². The van der Waals surface area contributed by atoms with Gasteiger partial charge in [0.1, 0.15) is 11.4 Å². The van der Waals surface area contributed by atoms with E-state index >= 15 is 0 Å². The van der Waals surface area contributed by atoms with Gasteiger partial charge in [-0.15, -0.1) is 0 Å². The van der Waals surface area contributed by atoms with Crippen molar-refractivity contribution in [2.45, 2.75) is 0 Å². The van der Waals surface area contributed by atoms with Gasteiger partial charge in [-0.3, -0.25) is 14.7 Å². The lowest BCUT2D eigenvalue weighted by atomic mass is 10.2. The number of aromatic nitrogens is 4. The van der Waals surface area contributed by atoms with Crippen molar-refractivity contribution in [2.24, 2.45) is 5.73 Å². The number of methoxy groups -OCH3 is 1. The molecule has 2 amide bonds. The van der Waals surface area contributed by atoms with E-state index in [1.54, 1.807) is 30.1 Å². The zero-order valence-electron chi connectivity index (χ0n) is 21.8. The highest BCUT2D eigenvalue weighted by atomic mass is 16.5. The van der Waals surface area contributed by atoms with Crippen LogP contribution in [0.2, 0.25) is 0 Å². The summed E-state index contributed by atoms with van der Waals surface area (Å²) >= 11 is 0. The number of aromatic amines is 1. The fraction of sp³-hybridized carbons (Fsp3) is 0.231. The molecular formula is C26H31N9O3. The summed E-state index contributed by atoms with van der Waals surface area (Å²) in [6.07, 6.45) is 2.80. The maximum atomic E-state index is 12.2. The van der Waals surface area contributed by atoms with Crippen molar-refractivity contribution in [1.82, 2.24) is 24.6 Å². The number of hydrogen-bond acceptors (Lipinski definition) is 8. The number of rotatable bonds is 11. The van der Waals surface area contributed by atoms with Gasteiger partial charge in [0.25, 0.3) is 5.91 Å². The smallest absolute Gasteiger partial charge is 0.267 e. The van der Waals surface area contributed by atoms with E-state index in [4.69, 9.17) is 10.5 Å². The molecule has 0 spiro atoms. The fourth-order valence-electron chi connectivity index (χ4n) is 3.98. The minimum absolute atomic E-state index is 0.276. The molecule has 2 aromatic rings. The lowest BCUT2D eigenvalue weighted by molar-refractivity contribution is -0.111. The highest BCUT2D eigenvalue weighted by Gasteiger charge is 2.21. The largest absolute Gasteiger partial charge is 0.494 e. The number of H-pyrrole nitrogens is 1. The van der Waals surface area contributed by atoms with Crippen LogP contribution < -0.4 is 26.0 Å². The second kappa shape index (κ2) is 11.0. The highest BCUT2D eigenvalue weighted by Crippen LogP contribution is 2.38. The summed E-state index contributed by atoms with van der Waals surface area (Å²) < 4.78 is 7.33.